The van der Waals surface area contributed by atoms with Crippen molar-refractivity contribution in [2.75, 3.05) is 6.54 Å². The molecule has 1 atom stereocenters. The molecular formula is C15H19BrF3N. The molecule has 0 aromatic heterocycles. The summed E-state index contributed by atoms with van der Waals surface area (Å²) in [6, 6.07) is 4.27. The molecule has 0 radical (unpaired) electrons. The molecule has 0 bridgehead atoms. The van der Waals surface area contributed by atoms with Gasteiger partial charge in [0.15, 0.2) is 0 Å². The number of rotatable bonds is 6. The minimum Gasteiger partial charge on any atom is -0.310 e. The predicted octanol–water partition coefficient (Wildman–Crippen LogP) is 5.31. The van der Waals surface area contributed by atoms with Crippen molar-refractivity contribution in [1.29, 1.82) is 0 Å². The summed E-state index contributed by atoms with van der Waals surface area (Å²) in [5.41, 5.74) is -0.151. The van der Waals surface area contributed by atoms with Crippen LogP contribution in [0.15, 0.2) is 22.7 Å². The highest BCUT2D eigenvalue weighted by molar-refractivity contribution is 9.10. The van der Waals surface area contributed by atoms with E-state index >= 15 is 0 Å². The monoisotopic (exact) mass is 349 g/mol. The second-order valence-electron chi connectivity index (χ2n) is 5.42. The van der Waals surface area contributed by atoms with E-state index in [1.807, 2.05) is 6.92 Å². The third-order valence-corrected chi connectivity index (χ3v) is 4.10. The van der Waals surface area contributed by atoms with Gasteiger partial charge in [-0.05, 0) is 43.0 Å². The Kier molecular flexibility index (Phi) is 5.13. The molecule has 1 nitrogen and oxygen atoms in total. The maximum atomic E-state index is 13.2. The van der Waals surface area contributed by atoms with Gasteiger partial charge in [-0.1, -0.05) is 41.8 Å². The van der Waals surface area contributed by atoms with Gasteiger partial charge in [0, 0.05) is 10.5 Å². The fourth-order valence-electron chi connectivity index (χ4n) is 2.40. The first-order valence-electron chi connectivity index (χ1n) is 7.01. The van der Waals surface area contributed by atoms with Crippen molar-refractivity contribution >= 4 is 15.9 Å². The van der Waals surface area contributed by atoms with E-state index in [1.54, 1.807) is 12.1 Å². The molecule has 112 valence electrons. The summed E-state index contributed by atoms with van der Waals surface area (Å²) in [6.07, 6.45) is -0.317. The molecule has 1 unspecified atom stereocenters. The lowest BCUT2D eigenvalue weighted by Gasteiger charge is -2.23. The first-order valence-corrected chi connectivity index (χ1v) is 7.81. The van der Waals surface area contributed by atoms with Crippen LogP contribution in [0.2, 0.25) is 0 Å². The molecule has 1 N–H and O–H groups in total. The van der Waals surface area contributed by atoms with Gasteiger partial charge < -0.3 is 5.32 Å². The number of hydrogen-bond acceptors (Lipinski definition) is 1. The second kappa shape index (κ2) is 6.48. The molecule has 0 spiro atoms. The summed E-state index contributed by atoms with van der Waals surface area (Å²) < 4.78 is 40.1. The van der Waals surface area contributed by atoms with Crippen molar-refractivity contribution in [3.8, 4) is 0 Å². The standard InChI is InChI=1S/C15H19BrF3N/c1-2-7-20-14(8-10-3-4-10)12-6-5-11(16)9-13(12)15(17,18)19/h5-6,9-10,14,20H,2-4,7-8H2,1H3. The fraction of sp³-hybridized carbons (Fsp3) is 0.600. The SMILES string of the molecule is CCCNC(CC1CC1)c1ccc(Br)cc1C(F)(F)F. The van der Waals surface area contributed by atoms with Gasteiger partial charge >= 0.3 is 6.18 Å². The number of hydrogen-bond donors (Lipinski definition) is 1. The third-order valence-electron chi connectivity index (χ3n) is 3.60. The first kappa shape index (κ1) is 15.8. The Hall–Kier alpha value is -0.550. The van der Waals surface area contributed by atoms with E-state index in [1.165, 1.54) is 6.07 Å². The lowest BCUT2D eigenvalue weighted by atomic mass is 9.95. The Bertz CT molecular complexity index is 455. The van der Waals surface area contributed by atoms with E-state index in [-0.39, 0.29) is 6.04 Å². The summed E-state index contributed by atoms with van der Waals surface area (Å²) in [6.45, 7) is 2.76. The Labute approximate surface area is 126 Å². The van der Waals surface area contributed by atoms with E-state index in [2.05, 4.69) is 21.2 Å². The van der Waals surface area contributed by atoms with Gasteiger partial charge in [0.25, 0.3) is 0 Å². The van der Waals surface area contributed by atoms with Crippen molar-refractivity contribution < 1.29 is 13.2 Å². The van der Waals surface area contributed by atoms with Crippen LogP contribution < -0.4 is 5.32 Å². The minimum atomic E-state index is -4.31. The summed E-state index contributed by atoms with van der Waals surface area (Å²) >= 11 is 3.13. The van der Waals surface area contributed by atoms with Crippen LogP contribution >= 0.6 is 15.9 Å². The Morgan fingerprint density at radius 1 is 1.35 bits per heavy atom. The van der Waals surface area contributed by atoms with Crippen LogP contribution in [0.1, 0.15) is 49.8 Å². The Balaban J connectivity index is 2.30. The Morgan fingerprint density at radius 3 is 2.60 bits per heavy atom. The quantitative estimate of drug-likeness (QED) is 0.733. The van der Waals surface area contributed by atoms with Crippen molar-refractivity contribution in [3.63, 3.8) is 0 Å². The maximum absolute atomic E-state index is 13.2. The van der Waals surface area contributed by atoms with Crippen LogP contribution in [0.25, 0.3) is 0 Å². The lowest BCUT2D eigenvalue weighted by molar-refractivity contribution is -0.138. The average molecular weight is 350 g/mol. The highest BCUT2D eigenvalue weighted by Crippen LogP contribution is 2.42. The van der Waals surface area contributed by atoms with E-state index in [0.29, 0.717) is 16.0 Å². The number of alkyl halides is 3. The molecule has 20 heavy (non-hydrogen) atoms. The van der Waals surface area contributed by atoms with Crippen LogP contribution in [-0.4, -0.2) is 6.54 Å². The zero-order chi connectivity index (χ0) is 14.8. The minimum absolute atomic E-state index is 0.202. The van der Waals surface area contributed by atoms with Crippen LogP contribution in [-0.2, 0) is 6.18 Å². The molecule has 0 saturated heterocycles. The number of nitrogens with one attached hydrogen (secondary N) is 1. The van der Waals surface area contributed by atoms with Gasteiger partial charge in [0.1, 0.15) is 0 Å². The molecule has 1 aliphatic rings. The van der Waals surface area contributed by atoms with E-state index < -0.39 is 11.7 Å². The molecular weight excluding hydrogens is 331 g/mol. The zero-order valence-electron chi connectivity index (χ0n) is 11.4. The van der Waals surface area contributed by atoms with Crippen LogP contribution in [0.5, 0.6) is 0 Å². The van der Waals surface area contributed by atoms with Crippen molar-refractivity contribution in [1.82, 2.24) is 5.32 Å². The largest absolute Gasteiger partial charge is 0.416 e. The highest BCUT2D eigenvalue weighted by Gasteiger charge is 2.36. The van der Waals surface area contributed by atoms with Crippen LogP contribution in [0, 0.1) is 5.92 Å². The zero-order valence-corrected chi connectivity index (χ0v) is 13.0. The topological polar surface area (TPSA) is 12.0 Å². The normalized spacial score (nSPS) is 17.2. The average Bonchev–Trinajstić information content (AvgIpc) is 3.17. The fourth-order valence-corrected chi connectivity index (χ4v) is 2.76. The molecule has 1 aliphatic carbocycles. The van der Waals surface area contributed by atoms with Crippen LogP contribution in [0.3, 0.4) is 0 Å². The van der Waals surface area contributed by atoms with Gasteiger partial charge in [-0.3, -0.25) is 0 Å². The molecule has 1 fully saturated rings. The Morgan fingerprint density at radius 2 is 2.05 bits per heavy atom. The van der Waals surface area contributed by atoms with Gasteiger partial charge in [-0.25, -0.2) is 0 Å². The summed E-state index contributed by atoms with van der Waals surface area (Å²) in [5, 5.41) is 3.27. The number of benzene rings is 1. The smallest absolute Gasteiger partial charge is 0.310 e. The molecule has 1 aromatic rings. The molecule has 0 aliphatic heterocycles. The van der Waals surface area contributed by atoms with Crippen molar-refractivity contribution in [2.24, 2.45) is 5.92 Å². The summed E-state index contributed by atoms with van der Waals surface area (Å²) in [5.74, 6) is 0.578. The molecule has 1 aromatic carbocycles. The second-order valence-corrected chi connectivity index (χ2v) is 6.33. The third kappa shape index (κ3) is 4.22. The summed E-state index contributed by atoms with van der Waals surface area (Å²) in [4.78, 5) is 0. The van der Waals surface area contributed by atoms with Crippen molar-refractivity contribution in [3.05, 3.63) is 33.8 Å². The molecule has 0 amide bonds. The number of halogens is 4. The van der Waals surface area contributed by atoms with Gasteiger partial charge in [-0.2, -0.15) is 13.2 Å². The van der Waals surface area contributed by atoms with Crippen molar-refractivity contribution in [2.45, 2.75) is 44.8 Å². The van der Waals surface area contributed by atoms with Gasteiger partial charge in [0.05, 0.1) is 5.56 Å². The summed E-state index contributed by atoms with van der Waals surface area (Å²) in [7, 11) is 0. The van der Waals surface area contributed by atoms with E-state index in [9.17, 15) is 13.2 Å². The molecule has 5 heteroatoms. The molecule has 2 rings (SSSR count). The van der Waals surface area contributed by atoms with Crippen LogP contribution in [0.4, 0.5) is 13.2 Å². The van der Waals surface area contributed by atoms with Gasteiger partial charge in [-0.15, -0.1) is 0 Å². The van der Waals surface area contributed by atoms with E-state index in [0.717, 1.165) is 32.2 Å². The highest BCUT2D eigenvalue weighted by atomic mass is 79.9. The first-order chi connectivity index (χ1) is 9.41. The maximum Gasteiger partial charge on any atom is 0.416 e. The predicted molar refractivity (Wildman–Crippen MR) is 77.5 cm³/mol. The van der Waals surface area contributed by atoms with Gasteiger partial charge in [0.2, 0.25) is 0 Å². The molecule has 1 saturated carbocycles. The molecule has 0 heterocycles. The lowest BCUT2D eigenvalue weighted by Crippen LogP contribution is -2.25. The van der Waals surface area contributed by atoms with E-state index in [4.69, 9.17) is 0 Å².